The number of hydrogen-bond donors (Lipinski definition) is 0. The average molecular weight is 159 g/mol. The SMILES string of the molecule is [2H][C-]([2H])[2H].[I-].[Li+].[Li+]. The maximum absolute atomic E-state index is 5.83. The Kier molecular flexibility index (Phi) is 30.3. The summed E-state index contributed by atoms with van der Waals surface area (Å²) in [5.41, 5.74) is 0. The van der Waals surface area contributed by atoms with Gasteiger partial charge >= 0.3 is 37.7 Å². The minimum absolute atomic E-state index is 0. The zero-order valence-corrected chi connectivity index (χ0v) is 5.04. The summed E-state index contributed by atoms with van der Waals surface area (Å²) in [6.07, 6.45) is 0. The summed E-state index contributed by atoms with van der Waals surface area (Å²) in [7, 11) is -0.833. The van der Waals surface area contributed by atoms with E-state index < -0.39 is 7.35 Å². The topological polar surface area (TPSA) is 0 Å². The van der Waals surface area contributed by atoms with Crippen LogP contribution in [-0.2, 0) is 0 Å². The molecule has 0 aromatic heterocycles. The van der Waals surface area contributed by atoms with Crippen LogP contribution in [-0.4, -0.2) is 0 Å². The van der Waals surface area contributed by atoms with Crippen LogP contribution in [0.15, 0.2) is 0 Å². The molecule has 0 aromatic rings. The first-order valence-corrected chi connectivity index (χ1v) is 0. The van der Waals surface area contributed by atoms with Gasteiger partial charge in [0.05, 0.1) is 0 Å². The molecule has 0 nitrogen and oxygen atoms in total. The van der Waals surface area contributed by atoms with E-state index in [-0.39, 0.29) is 61.7 Å². The second-order valence-corrected chi connectivity index (χ2v) is 0. The van der Waals surface area contributed by atoms with Crippen molar-refractivity contribution in [1.29, 1.82) is 0 Å². The molecule has 4 heavy (non-hydrogen) atoms. The Morgan fingerprint density at radius 1 is 1.50 bits per heavy atom. The third-order valence-electron chi connectivity index (χ3n) is 0. The minimum Gasteiger partial charge on any atom is -1.00 e. The molecule has 16 valence electrons. The van der Waals surface area contributed by atoms with Crippen LogP contribution in [0.5, 0.6) is 0 Å². The summed E-state index contributed by atoms with van der Waals surface area (Å²) in [6, 6.07) is 0. The Labute approximate surface area is 72.7 Å². The van der Waals surface area contributed by atoms with Crippen molar-refractivity contribution in [2.24, 2.45) is 0 Å². The minimum atomic E-state index is -0.833. The fourth-order valence-corrected chi connectivity index (χ4v) is 0. The molecule has 0 saturated carbocycles. The van der Waals surface area contributed by atoms with Gasteiger partial charge in [0.2, 0.25) is 0 Å². The molecule has 0 unspecified atom stereocenters. The average Bonchev–Trinajstić information content (AvgIpc) is 0.811. The molecular weight excluding hydrogens is 153 g/mol. The normalized spacial score (nSPS) is 9.75. The third kappa shape index (κ3) is 9.06. The Bertz CT molecular complexity index is 17.7. The van der Waals surface area contributed by atoms with Gasteiger partial charge in [-0.3, -0.25) is 0 Å². The standard InChI is InChI=1S/CH3.HI.2Li/h1H3;1H;;/q-1;;2*+1/p-1/i1D3;;;. The Morgan fingerprint density at radius 3 is 1.50 bits per heavy atom. The molecule has 0 bridgehead atoms. The van der Waals surface area contributed by atoms with Crippen LogP contribution in [0.4, 0.5) is 0 Å². The van der Waals surface area contributed by atoms with E-state index in [4.69, 9.17) is 4.11 Å². The van der Waals surface area contributed by atoms with Gasteiger partial charge in [-0.2, -0.15) is 0 Å². The van der Waals surface area contributed by atoms with Gasteiger partial charge in [-0.15, -0.1) is 0 Å². The molecule has 0 radical (unpaired) electrons. The Morgan fingerprint density at radius 2 is 1.50 bits per heavy atom. The van der Waals surface area contributed by atoms with E-state index in [1.807, 2.05) is 0 Å². The molecular formula is CH3ILi2. The monoisotopic (exact) mass is 159 g/mol. The van der Waals surface area contributed by atoms with E-state index in [0.717, 1.165) is 0 Å². The van der Waals surface area contributed by atoms with Crippen LogP contribution in [0, 0.1) is 7.35 Å². The van der Waals surface area contributed by atoms with Gasteiger partial charge in [0.25, 0.3) is 0 Å². The molecule has 0 saturated heterocycles. The number of rotatable bonds is 0. The molecule has 0 aliphatic carbocycles. The maximum atomic E-state index is 5.83. The molecule has 0 rings (SSSR count). The van der Waals surface area contributed by atoms with Crippen molar-refractivity contribution in [3.8, 4) is 0 Å². The Balaban J connectivity index is -0.0000000150. The summed E-state index contributed by atoms with van der Waals surface area (Å²) >= 11 is 0. The van der Waals surface area contributed by atoms with Crippen molar-refractivity contribution in [3.05, 3.63) is 7.35 Å². The second kappa shape index (κ2) is 20.5. The summed E-state index contributed by atoms with van der Waals surface area (Å²) in [6.45, 7) is 0. The fourth-order valence-electron chi connectivity index (χ4n) is 0. The van der Waals surface area contributed by atoms with Gasteiger partial charge in [0, 0.05) is 0 Å². The number of halogens is 1. The van der Waals surface area contributed by atoms with E-state index in [0.29, 0.717) is 0 Å². The van der Waals surface area contributed by atoms with Crippen LogP contribution in [0.2, 0.25) is 0 Å². The van der Waals surface area contributed by atoms with Crippen LogP contribution < -0.4 is 61.7 Å². The van der Waals surface area contributed by atoms with E-state index in [1.165, 1.54) is 0 Å². The van der Waals surface area contributed by atoms with Gasteiger partial charge < -0.3 is 31.3 Å². The maximum Gasteiger partial charge on any atom is 1.00 e. The molecule has 0 amide bonds. The van der Waals surface area contributed by atoms with Crippen molar-refractivity contribution in [2.75, 3.05) is 0 Å². The summed E-state index contributed by atoms with van der Waals surface area (Å²) in [5, 5.41) is 0. The van der Waals surface area contributed by atoms with E-state index in [1.54, 1.807) is 0 Å². The quantitative estimate of drug-likeness (QED) is 0.187. The van der Waals surface area contributed by atoms with Crippen molar-refractivity contribution in [2.45, 2.75) is 0 Å². The Hall–Kier alpha value is 1.92. The van der Waals surface area contributed by atoms with Crippen LogP contribution in [0.25, 0.3) is 0 Å². The van der Waals surface area contributed by atoms with Gasteiger partial charge in [0.1, 0.15) is 0 Å². The smallest absolute Gasteiger partial charge is 1.00 e. The predicted octanol–water partition coefficient (Wildman–Crippen LogP) is -8.54. The molecule has 0 N–H and O–H groups in total. The molecule has 0 atom stereocenters. The van der Waals surface area contributed by atoms with Gasteiger partial charge in [-0.25, -0.2) is 4.11 Å². The van der Waals surface area contributed by atoms with Crippen molar-refractivity contribution < 1.29 is 65.8 Å². The van der Waals surface area contributed by atoms with Crippen LogP contribution >= 0.6 is 0 Å². The van der Waals surface area contributed by atoms with Crippen LogP contribution in [0.1, 0.15) is 4.11 Å². The summed E-state index contributed by atoms with van der Waals surface area (Å²) in [5.74, 6) is 0. The van der Waals surface area contributed by atoms with E-state index in [9.17, 15) is 0 Å². The molecule has 0 spiro atoms. The molecule has 0 heterocycles. The van der Waals surface area contributed by atoms with Crippen LogP contribution in [0.3, 0.4) is 0 Å². The molecule has 0 aliphatic heterocycles. The summed E-state index contributed by atoms with van der Waals surface area (Å²) < 4.78 is 17.5. The first-order chi connectivity index (χ1) is 1.73. The van der Waals surface area contributed by atoms with Crippen molar-refractivity contribution in [1.82, 2.24) is 0 Å². The van der Waals surface area contributed by atoms with Gasteiger partial charge in [0.15, 0.2) is 0 Å². The molecule has 0 fully saturated rings. The van der Waals surface area contributed by atoms with Gasteiger partial charge in [-0.05, 0) is 0 Å². The molecule has 3 heteroatoms. The predicted molar refractivity (Wildman–Crippen MR) is 6.41 cm³/mol. The zero-order valence-electron chi connectivity index (χ0n) is 5.88. The summed E-state index contributed by atoms with van der Waals surface area (Å²) in [4.78, 5) is 0. The molecule has 0 aromatic carbocycles. The second-order valence-electron chi connectivity index (χ2n) is 0. The largest absolute Gasteiger partial charge is 1.00 e. The van der Waals surface area contributed by atoms with Crippen molar-refractivity contribution >= 4 is 0 Å². The van der Waals surface area contributed by atoms with Gasteiger partial charge in [-0.1, -0.05) is 0 Å². The molecule has 0 aliphatic rings. The van der Waals surface area contributed by atoms with E-state index >= 15 is 0 Å². The van der Waals surface area contributed by atoms with E-state index in [2.05, 4.69) is 0 Å². The zero-order chi connectivity index (χ0) is 3.58. The third-order valence-corrected chi connectivity index (χ3v) is 0. The fraction of sp³-hybridized carbons (Fsp3) is 0. The van der Waals surface area contributed by atoms with Crippen molar-refractivity contribution in [3.63, 3.8) is 0 Å². The first kappa shape index (κ1) is 5.92. The first-order valence-electron chi connectivity index (χ1n) is 1.50. The number of hydrogen-bond acceptors (Lipinski definition) is 0.